The zero-order valence-corrected chi connectivity index (χ0v) is 17.7. The minimum absolute atomic E-state index is 0.221. The molecule has 0 aliphatic rings. The molecule has 3 amide bonds. The summed E-state index contributed by atoms with van der Waals surface area (Å²) in [4.78, 5) is 36.0. The van der Waals surface area contributed by atoms with Gasteiger partial charge in [0.05, 0.1) is 0 Å². The number of amides is 3. The summed E-state index contributed by atoms with van der Waals surface area (Å²) in [5.41, 5.74) is 6.28. The summed E-state index contributed by atoms with van der Waals surface area (Å²) in [6.45, 7) is 5.08. The second-order valence-corrected chi connectivity index (χ2v) is 7.69. The molecule has 2 rings (SSSR count). The average molecular weight is 429 g/mol. The van der Waals surface area contributed by atoms with Crippen molar-refractivity contribution in [2.24, 2.45) is 5.73 Å². The molecule has 0 aliphatic carbocycles. The highest BCUT2D eigenvalue weighted by Gasteiger charge is 2.16. The average Bonchev–Trinajstić information content (AvgIpc) is 2.66. The van der Waals surface area contributed by atoms with Crippen molar-refractivity contribution >= 4 is 40.8 Å². The fourth-order valence-corrected chi connectivity index (χ4v) is 2.41. The number of nitrogens with two attached hydrogens (primary N) is 1. The number of hydrogen-bond donors (Lipinski definition) is 3. The number of rotatable bonds is 6. The van der Waals surface area contributed by atoms with Crippen LogP contribution in [0.5, 0.6) is 5.75 Å². The van der Waals surface area contributed by atoms with E-state index in [-0.39, 0.29) is 17.2 Å². The molecule has 158 valence electrons. The fourth-order valence-electron chi connectivity index (χ4n) is 2.27. The van der Waals surface area contributed by atoms with Gasteiger partial charge in [-0.15, -0.1) is 0 Å². The van der Waals surface area contributed by atoms with E-state index < -0.39 is 23.5 Å². The van der Waals surface area contributed by atoms with E-state index in [9.17, 15) is 14.4 Å². The van der Waals surface area contributed by atoms with Crippen LogP contribution in [0.2, 0.25) is 0 Å². The molecule has 0 radical (unpaired) electrons. The zero-order chi connectivity index (χ0) is 22.3. The van der Waals surface area contributed by atoms with Crippen molar-refractivity contribution in [3.05, 3.63) is 59.7 Å². The Balaban J connectivity index is 1.84. The van der Waals surface area contributed by atoms with Gasteiger partial charge in [0.15, 0.2) is 6.61 Å². The number of carbonyl (C=O) groups excluding carboxylic acids is 3. The largest absolute Gasteiger partial charge is 0.482 e. The van der Waals surface area contributed by atoms with Crippen molar-refractivity contribution in [3.63, 3.8) is 0 Å². The van der Waals surface area contributed by atoms with Gasteiger partial charge in [0, 0.05) is 16.8 Å². The molecule has 0 spiro atoms. The lowest BCUT2D eigenvalue weighted by Crippen LogP contribution is -2.34. The van der Waals surface area contributed by atoms with Gasteiger partial charge in [0.2, 0.25) is 0 Å². The van der Waals surface area contributed by atoms with Gasteiger partial charge < -0.3 is 20.5 Å². The Kier molecular flexibility index (Phi) is 7.48. The van der Waals surface area contributed by atoms with E-state index in [1.807, 2.05) is 0 Å². The lowest BCUT2D eigenvalue weighted by molar-refractivity contribution is -0.157. The smallest absolute Gasteiger partial charge is 0.344 e. The lowest BCUT2D eigenvalue weighted by Gasteiger charge is -2.19. The third-order valence-corrected chi connectivity index (χ3v) is 3.78. The number of benzene rings is 2. The van der Waals surface area contributed by atoms with Crippen molar-refractivity contribution in [1.29, 1.82) is 0 Å². The number of hydrogen-bond acceptors (Lipinski definition) is 6. The summed E-state index contributed by atoms with van der Waals surface area (Å²) in [5, 5.41) is 4.76. The molecule has 2 aromatic carbocycles. The van der Waals surface area contributed by atoms with Gasteiger partial charge in [-0.1, -0.05) is 24.4 Å². The summed E-state index contributed by atoms with van der Waals surface area (Å²) in [7, 11) is 0. The third kappa shape index (κ3) is 7.51. The highest BCUT2D eigenvalue weighted by atomic mass is 32.1. The summed E-state index contributed by atoms with van der Waals surface area (Å²) >= 11 is 4.85. The van der Waals surface area contributed by atoms with Crippen molar-refractivity contribution < 1.29 is 23.9 Å². The van der Waals surface area contributed by atoms with Gasteiger partial charge in [-0.25, -0.2) is 9.59 Å². The molecule has 0 atom stereocenters. The van der Waals surface area contributed by atoms with E-state index in [0.717, 1.165) is 0 Å². The highest BCUT2D eigenvalue weighted by Crippen LogP contribution is 2.16. The predicted molar refractivity (Wildman–Crippen MR) is 117 cm³/mol. The first-order valence-corrected chi connectivity index (χ1v) is 9.41. The molecule has 0 heterocycles. The van der Waals surface area contributed by atoms with Gasteiger partial charge in [0.1, 0.15) is 16.3 Å². The molecule has 0 aliphatic heterocycles. The Morgan fingerprint density at radius 1 is 0.967 bits per heavy atom. The number of urea groups is 1. The molecule has 8 nitrogen and oxygen atoms in total. The molecule has 0 fully saturated rings. The number of carbonyl (C=O) groups is 3. The molecule has 0 unspecified atom stereocenters. The molecular weight excluding hydrogens is 406 g/mol. The molecular formula is C21H23N3O5S. The van der Waals surface area contributed by atoms with E-state index in [4.69, 9.17) is 27.4 Å². The Morgan fingerprint density at radius 2 is 1.53 bits per heavy atom. The van der Waals surface area contributed by atoms with Gasteiger partial charge in [0.25, 0.3) is 5.91 Å². The second kappa shape index (κ2) is 9.84. The number of esters is 1. The lowest BCUT2D eigenvalue weighted by atomic mass is 10.1. The second-order valence-electron chi connectivity index (χ2n) is 7.25. The van der Waals surface area contributed by atoms with Crippen LogP contribution in [0.15, 0.2) is 48.5 Å². The third-order valence-electron chi connectivity index (χ3n) is 3.55. The van der Waals surface area contributed by atoms with Gasteiger partial charge in [-0.2, -0.15) is 0 Å². The van der Waals surface area contributed by atoms with Gasteiger partial charge in [-0.3, -0.25) is 10.1 Å². The Hall–Kier alpha value is -3.46. The highest BCUT2D eigenvalue weighted by molar-refractivity contribution is 7.80. The SMILES string of the molecule is CC(C)(C)OC(=O)COc1ccc(NC(=O)NC(=O)c2ccc(C(N)=S)cc2)cc1. The zero-order valence-electron chi connectivity index (χ0n) is 16.9. The van der Waals surface area contributed by atoms with Crippen molar-refractivity contribution in [3.8, 4) is 5.75 Å². The van der Waals surface area contributed by atoms with Crippen LogP contribution in [0, 0.1) is 0 Å². The standard InChI is InChI=1S/C21H23N3O5S/c1-21(2,3)29-17(25)12-28-16-10-8-15(9-11-16)23-20(27)24-19(26)14-6-4-13(5-7-14)18(22)30/h4-11H,12H2,1-3H3,(H2,22,30)(H2,23,24,26,27). The van der Waals surface area contributed by atoms with Crippen LogP contribution in [0.25, 0.3) is 0 Å². The van der Waals surface area contributed by atoms with Crippen LogP contribution < -0.4 is 21.1 Å². The fraction of sp³-hybridized carbons (Fsp3) is 0.238. The molecule has 0 bridgehead atoms. The van der Waals surface area contributed by atoms with E-state index in [1.165, 1.54) is 12.1 Å². The number of imide groups is 1. The first-order valence-electron chi connectivity index (χ1n) is 9.00. The Labute approximate surface area is 179 Å². The summed E-state index contributed by atoms with van der Waals surface area (Å²) in [6, 6.07) is 11.9. The predicted octanol–water partition coefficient (Wildman–Crippen LogP) is 3.00. The van der Waals surface area contributed by atoms with Crippen LogP contribution in [0.1, 0.15) is 36.7 Å². The van der Waals surface area contributed by atoms with Crippen molar-refractivity contribution in [2.75, 3.05) is 11.9 Å². The van der Waals surface area contributed by atoms with E-state index in [0.29, 0.717) is 17.0 Å². The molecule has 30 heavy (non-hydrogen) atoms. The number of thiocarbonyl (C=S) groups is 1. The normalized spacial score (nSPS) is 10.6. The summed E-state index contributed by atoms with van der Waals surface area (Å²) in [6.07, 6.45) is 0. The van der Waals surface area contributed by atoms with E-state index >= 15 is 0 Å². The summed E-state index contributed by atoms with van der Waals surface area (Å²) in [5.74, 6) is -0.621. The molecule has 4 N–H and O–H groups in total. The van der Waals surface area contributed by atoms with Crippen LogP contribution in [-0.4, -0.2) is 35.1 Å². The van der Waals surface area contributed by atoms with Crippen molar-refractivity contribution in [2.45, 2.75) is 26.4 Å². The Morgan fingerprint density at radius 3 is 2.07 bits per heavy atom. The van der Waals surface area contributed by atoms with E-state index in [1.54, 1.807) is 57.2 Å². The first kappa shape index (κ1) is 22.8. The topological polar surface area (TPSA) is 120 Å². The number of nitrogens with one attached hydrogen (secondary N) is 2. The maximum atomic E-state index is 12.1. The van der Waals surface area contributed by atoms with E-state index in [2.05, 4.69) is 10.6 Å². The van der Waals surface area contributed by atoms with Crippen LogP contribution in [0.4, 0.5) is 10.5 Å². The Bertz CT molecular complexity index is 935. The van der Waals surface area contributed by atoms with Crippen LogP contribution >= 0.6 is 12.2 Å². The van der Waals surface area contributed by atoms with Crippen LogP contribution in [-0.2, 0) is 9.53 Å². The minimum atomic E-state index is -0.694. The molecule has 9 heteroatoms. The van der Waals surface area contributed by atoms with Gasteiger partial charge in [-0.05, 0) is 57.2 Å². The van der Waals surface area contributed by atoms with Crippen LogP contribution in [0.3, 0.4) is 0 Å². The number of ether oxygens (including phenoxy) is 2. The van der Waals surface area contributed by atoms with Crippen molar-refractivity contribution in [1.82, 2.24) is 5.32 Å². The molecule has 0 aromatic heterocycles. The van der Waals surface area contributed by atoms with Gasteiger partial charge >= 0.3 is 12.0 Å². The molecule has 0 saturated heterocycles. The monoisotopic (exact) mass is 429 g/mol. The minimum Gasteiger partial charge on any atom is -0.482 e. The molecule has 0 saturated carbocycles. The summed E-state index contributed by atoms with van der Waals surface area (Å²) < 4.78 is 10.5. The maximum Gasteiger partial charge on any atom is 0.344 e. The molecule has 2 aromatic rings. The first-order chi connectivity index (χ1) is 14.0. The number of anilines is 1. The maximum absolute atomic E-state index is 12.1. The quantitative estimate of drug-likeness (QED) is 0.477.